The number of amides is 1. The summed E-state index contributed by atoms with van der Waals surface area (Å²) in [5.41, 5.74) is 1.94. The monoisotopic (exact) mass is 461 g/mol. The third-order valence-corrected chi connectivity index (χ3v) is 6.27. The Bertz CT molecular complexity index is 1270. The lowest BCUT2D eigenvalue weighted by atomic mass is 9.94. The Balaban J connectivity index is 1.52. The molecule has 174 valence electrons. The number of ketones is 1. The van der Waals surface area contributed by atoms with Crippen LogP contribution in [0, 0.1) is 5.82 Å². The van der Waals surface area contributed by atoms with Crippen molar-refractivity contribution in [1.82, 2.24) is 14.5 Å². The van der Waals surface area contributed by atoms with Gasteiger partial charge in [0.2, 0.25) is 0 Å². The Morgan fingerprint density at radius 3 is 2.71 bits per heavy atom. The third-order valence-electron chi connectivity index (χ3n) is 6.27. The first kappa shape index (κ1) is 21.9. The molecule has 0 unspecified atom stereocenters. The maximum atomic E-state index is 13.6. The Morgan fingerprint density at radius 2 is 1.97 bits per heavy atom. The molecule has 8 heteroatoms. The molecule has 5 rings (SSSR count). The van der Waals surface area contributed by atoms with Gasteiger partial charge in [-0.3, -0.25) is 9.59 Å². The fraction of sp³-hybridized carbons (Fsp3) is 0.269. The van der Waals surface area contributed by atoms with Gasteiger partial charge >= 0.3 is 0 Å². The molecule has 0 aliphatic carbocycles. The van der Waals surface area contributed by atoms with E-state index in [1.54, 1.807) is 42.9 Å². The molecule has 3 heterocycles. The number of likely N-dealkylation sites (tertiary alicyclic amines) is 1. The number of imidazole rings is 1. The van der Waals surface area contributed by atoms with Crippen LogP contribution in [0.2, 0.25) is 0 Å². The molecular weight excluding hydrogens is 437 g/mol. The zero-order valence-electron chi connectivity index (χ0n) is 18.6. The highest BCUT2D eigenvalue weighted by Crippen LogP contribution is 2.40. The number of ether oxygens (including phenoxy) is 1. The van der Waals surface area contributed by atoms with Crippen LogP contribution in [-0.4, -0.2) is 43.9 Å². The molecule has 1 N–H and O–H groups in total. The minimum Gasteiger partial charge on any atom is -0.507 e. The lowest BCUT2D eigenvalue weighted by Gasteiger charge is -2.25. The number of Topliss-reactive ketones (excluding diaryl/α,β-unsaturated/α-hetero) is 1. The van der Waals surface area contributed by atoms with Crippen LogP contribution in [0.5, 0.6) is 5.75 Å². The third kappa shape index (κ3) is 3.96. The molecule has 2 atom stereocenters. The first-order valence-electron chi connectivity index (χ1n) is 11.2. The zero-order chi connectivity index (χ0) is 23.8. The highest BCUT2D eigenvalue weighted by Gasteiger charge is 2.45. The Morgan fingerprint density at radius 1 is 1.18 bits per heavy atom. The van der Waals surface area contributed by atoms with E-state index in [2.05, 4.69) is 4.98 Å². The molecule has 3 aromatic rings. The van der Waals surface area contributed by atoms with Gasteiger partial charge in [0.05, 0.1) is 17.9 Å². The summed E-state index contributed by atoms with van der Waals surface area (Å²) in [7, 11) is 0. The standard InChI is InChI=1S/C26H24FN3O4/c1-16-13-19-14-18(5-8-21(19)34-16)24(31)22-23(17-3-6-20(27)7-4-17)30(26(33)25(22)32)11-2-10-29-12-9-28-15-29/h3-9,12,14-16,23,31H,2,10-11,13H2,1H3/t16-,23+/m1/s1. The second-order valence-corrected chi connectivity index (χ2v) is 8.65. The number of aliphatic hydroxyl groups is 1. The number of aryl methyl sites for hydroxylation is 1. The van der Waals surface area contributed by atoms with Crippen LogP contribution in [0.1, 0.15) is 36.1 Å². The summed E-state index contributed by atoms with van der Waals surface area (Å²) >= 11 is 0. The number of benzene rings is 2. The van der Waals surface area contributed by atoms with E-state index in [1.807, 2.05) is 17.7 Å². The van der Waals surface area contributed by atoms with E-state index in [1.165, 1.54) is 17.0 Å². The van der Waals surface area contributed by atoms with E-state index >= 15 is 0 Å². The molecule has 2 aliphatic heterocycles. The molecule has 0 bridgehead atoms. The molecule has 7 nitrogen and oxygen atoms in total. The Kier molecular flexibility index (Phi) is 5.65. The second kappa shape index (κ2) is 8.78. The Hall–Kier alpha value is -3.94. The van der Waals surface area contributed by atoms with Crippen LogP contribution in [0.3, 0.4) is 0 Å². The minimum absolute atomic E-state index is 0.00570. The summed E-state index contributed by atoms with van der Waals surface area (Å²) < 4.78 is 21.2. The SMILES string of the molecule is C[C@@H]1Cc2cc(C(O)=C3C(=O)C(=O)N(CCCn4ccnc4)[C@H]3c3ccc(F)cc3)ccc2O1. The summed E-state index contributed by atoms with van der Waals surface area (Å²) in [6.07, 6.45) is 6.49. The normalized spacial score (nSPS) is 21.1. The molecule has 2 aromatic carbocycles. The summed E-state index contributed by atoms with van der Waals surface area (Å²) in [5, 5.41) is 11.2. The number of rotatable bonds is 6. The highest BCUT2D eigenvalue weighted by molar-refractivity contribution is 6.46. The van der Waals surface area contributed by atoms with Gasteiger partial charge in [0.1, 0.15) is 23.4 Å². The van der Waals surface area contributed by atoms with Crippen molar-refractivity contribution in [2.75, 3.05) is 6.54 Å². The van der Waals surface area contributed by atoms with E-state index in [0.717, 1.165) is 11.3 Å². The molecule has 34 heavy (non-hydrogen) atoms. The fourth-order valence-corrected chi connectivity index (χ4v) is 4.67. The summed E-state index contributed by atoms with van der Waals surface area (Å²) in [6.45, 7) is 2.86. The largest absolute Gasteiger partial charge is 0.507 e. The first-order chi connectivity index (χ1) is 16.4. The molecule has 0 spiro atoms. The van der Waals surface area contributed by atoms with Gasteiger partial charge in [-0.15, -0.1) is 0 Å². The van der Waals surface area contributed by atoms with Crippen LogP contribution in [-0.2, 0) is 22.6 Å². The van der Waals surface area contributed by atoms with Gasteiger partial charge in [0, 0.05) is 37.5 Å². The van der Waals surface area contributed by atoms with E-state index in [0.29, 0.717) is 30.5 Å². The van der Waals surface area contributed by atoms with Gasteiger partial charge < -0.3 is 19.3 Å². The number of aromatic nitrogens is 2. The van der Waals surface area contributed by atoms with Crippen molar-refractivity contribution in [2.45, 2.75) is 38.5 Å². The molecule has 1 aromatic heterocycles. The quantitative estimate of drug-likeness (QED) is 0.342. The van der Waals surface area contributed by atoms with Crippen molar-refractivity contribution in [3.05, 3.63) is 89.3 Å². The van der Waals surface area contributed by atoms with Gasteiger partial charge in [-0.2, -0.15) is 0 Å². The van der Waals surface area contributed by atoms with Crippen LogP contribution in [0.4, 0.5) is 4.39 Å². The molecule has 0 radical (unpaired) electrons. The second-order valence-electron chi connectivity index (χ2n) is 8.65. The Labute approximate surface area is 196 Å². The van der Waals surface area contributed by atoms with E-state index < -0.39 is 23.5 Å². The van der Waals surface area contributed by atoms with Gasteiger partial charge in [0.15, 0.2) is 0 Å². The van der Waals surface area contributed by atoms with Crippen LogP contribution in [0.25, 0.3) is 5.76 Å². The average molecular weight is 461 g/mol. The topological polar surface area (TPSA) is 84.7 Å². The fourth-order valence-electron chi connectivity index (χ4n) is 4.67. The molecule has 1 saturated heterocycles. The summed E-state index contributed by atoms with van der Waals surface area (Å²) in [6, 6.07) is 10.1. The number of aliphatic hydroxyl groups excluding tert-OH is 1. The van der Waals surface area contributed by atoms with Gasteiger partial charge in [0.25, 0.3) is 11.7 Å². The number of carbonyl (C=O) groups is 2. The summed E-state index contributed by atoms with van der Waals surface area (Å²) in [5.74, 6) is -1.35. The number of nitrogens with zero attached hydrogens (tertiary/aromatic N) is 3. The highest BCUT2D eigenvalue weighted by atomic mass is 19.1. The van der Waals surface area contributed by atoms with E-state index in [4.69, 9.17) is 4.74 Å². The number of fused-ring (bicyclic) bond motifs is 1. The number of hydrogen-bond donors (Lipinski definition) is 1. The maximum absolute atomic E-state index is 13.6. The molecule has 1 amide bonds. The van der Waals surface area contributed by atoms with Crippen molar-refractivity contribution in [1.29, 1.82) is 0 Å². The molecule has 2 aliphatic rings. The van der Waals surface area contributed by atoms with Crippen molar-refractivity contribution in [3.8, 4) is 5.75 Å². The van der Waals surface area contributed by atoms with Crippen molar-refractivity contribution in [3.63, 3.8) is 0 Å². The van der Waals surface area contributed by atoms with Crippen molar-refractivity contribution in [2.24, 2.45) is 0 Å². The van der Waals surface area contributed by atoms with Gasteiger partial charge in [-0.05, 0) is 54.8 Å². The number of hydrogen-bond acceptors (Lipinski definition) is 5. The minimum atomic E-state index is -0.813. The van der Waals surface area contributed by atoms with E-state index in [-0.39, 0.29) is 24.0 Å². The predicted molar refractivity (Wildman–Crippen MR) is 122 cm³/mol. The molecule has 1 fully saturated rings. The average Bonchev–Trinajstić information content (AvgIpc) is 3.53. The first-order valence-corrected chi connectivity index (χ1v) is 11.2. The van der Waals surface area contributed by atoms with Gasteiger partial charge in [-0.25, -0.2) is 9.37 Å². The predicted octanol–water partition coefficient (Wildman–Crippen LogP) is 3.86. The number of halogens is 1. The number of carbonyl (C=O) groups excluding carboxylic acids is 2. The lowest BCUT2D eigenvalue weighted by molar-refractivity contribution is -0.139. The van der Waals surface area contributed by atoms with Gasteiger partial charge in [-0.1, -0.05) is 12.1 Å². The smallest absolute Gasteiger partial charge is 0.295 e. The van der Waals surface area contributed by atoms with Crippen LogP contribution in [0.15, 0.2) is 66.8 Å². The van der Waals surface area contributed by atoms with E-state index in [9.17, 15) is 19.1 Å². The maximum Gasteiger partial charge on any atom is 0.295 e. The van der Waals surface area contributed by atoms with Crippen LogP contribution >= 0.6 is 0 Å². The van der Waals surface area contributed by atoms with Crippen LogP contribution < -0.4 is 4.74 Å². The van der Waals surface area contributed by atoms with Crippen molar-refractivity contribution >= 4 is 17.4 Å². The summed E-state index contributed by atoms with van der Waals surface area (Å²) in [4.78, 5) is 31.6. The molecular formula is C26H24FN3O4. The zero-order valence-corrected chi connectivity index (χ0v) is 18.6. The lowest BCUT2D eigenvalue weighted by Crippen LogP contribution is -2.31. The van der Waals surface area contributed by atoms with Crippen molar-refractivity contribution < 1.29 is 23.8 Å². The molecule has 0 saturated carbocycles.